The molecule has 0 bridgehead atoms. The van der Waals surface area contributed by atoms with Crippen LogP contribution in [0.25, 0.3) is 0 Å². The predicted octanol–water partition coefficient (Wildman–Crippen LogP) is 3.57. The lowest BCUT2D eigenvalue weighted by Gasteiger charge is -2.39. The van der Waals surface area contributed by atoms with Crippen molar-refractivity contribution in [3.8, 4) is 0 Å². The lowest BCUT2D eigenvalue weighted by molar-refractivity contribution is 0.166. The van der Waals surface area contributed by atoms with E-state index in [0.717, 1.165) is 43.2 Å². The first-order chi connectivity index (χ1) is 14.9. The van der Waals surface area contributed by atoms with Crippen LogP contribution in [0.15, 0.2) is 76.2 Å². The minimum atomic E-state index is -3.63. The molecule has 0 aliphatic carbocycles. The molecule has 1 aliphatic heterocycles. The highest BCUT2D eigenvalue weighted by molar-refractivity contribution is 7.89. The SMILES string of the molecule is Cc1cccc(S(=O)(=O)NCC(c2ccco2)N2CCN(c3ccc(F)cc3)CC2)c1. The van der Waals surface area contributed by atoms with E-state index in [1.165, 1.54) is 12.1 Å². The van der Waals surface area contributed by atoms with Gasteiger partial charge in [-0.3, -0.25) is 4.90 Å². The molecule has 1 fully saturated rings. The lowest BCUT2D eigenvalue weighted by atomic mass is 10.1. The molecule has 1 saturated heterocycles. The van der Waals surface area contributed by atoms with Crippen molar-refractivity contribution in [1.82, 2.24) is 9.62 Å². The number of nitrogens with zero attached hydrogens (tertiary/aromatic N) is 2. The Bertz CT molecular complexity index is 1090. The summed E-state index contributed by atoms with van der Waals surface area (Å²) >= 11 is 0. The molecule has 3 aromatic rings. The Kier molecular flexibility index (Phi) is 6.41. The van der Waals surface area contributed by atoms with Gasteiger partial charge in [-0.1, -0.05) is 12.1 Å². The van der Waals surface area contributed by atoms with Crippen molar-refractivity contribution in [2.24, 2.45) is 0 Å². The number of sulfonamides is 1. The maximum Gasteiger partial charge on any atom is 0.240 e. The van der Waals surface area contributed by atoms with Crippen LogP contribution in [0, 0.1) is 12.7 Å². The van der Waals surface area contributed by atoms with E-state index < -0.39 is 10.0 Å². The van der Waals surface area contributed by atoms with Gasteiger partial charge in [0, 0.05) is 38.4 Å². The van der Waals surface area contributed by atoms with E-state index in [1.807, 2.05) is 25.1 Å². The molecule has 0 spiro atoms. The van der Waals surface area contributed by atoms with Gasteiger partial charge in [0.25, 0.3) is 0 Å². The topological polar surface area (TPSA) is 65.8 Å². The van der Waals surface area contributed by atoms with E-state index in [4.69, 9.17) is 4.42 Å². The number of furan rings is 1. The van der Waals surface area contributed by atoms with Gasteiger partial charge in [-0.2, -0.15) is 0 Å². The van der Waals surface area contributed by atoms with Crippen LogP contribution in [0.4, 0.5) is 10.1 Å². The summed E-state index contributed by atoms with van der Waals surface area (Å²) in [5.74, 6) is 0.475. The summed E-state index contributed by atoms with van der Waals surface area (Å²) in [5.41, 5.74) is 1.87. The summed E-state index contributed by atoms with van der Waals surface area (Å²) in [6, 6.07) is 16.8. The van der Waals surface area contributed by atoms with Crippen LogP contribution in [-0.4, -0.2) is 46.0 Å². The van der Waals surface area contributed by atoms with E-state index in [1.54, 1.807) is 36.6 Å². The van der Waals surface area contributed by atoms with Gasteiger partial charge in [-0.25, -0.2) is 17.5 Å². The molecule has 8 heteroatoms. The minimum absolute atomic E-state index is 0.209. The van der Waals surface area contributed by atoms with Crippen molar-refractivity contribution >= 4 is 15.7 Å². The number of aryl methyl sites for hydroxylation is 1. The summed E-state index contributed by atoms with van der Waals surface area (Å²) < 4.78 is 47.2. The van der Waals surface area contributed by atoms with Gasteiger partial charge in [0.1, 0.15) is 11.6 Å². The highest BCUT2D eigenvalue weighted by Crippen LogP contribution is 2.25. The first-order valence-electron chi connectivity index (χ1n) is 10.3. The van der Waals surface area contributed by atoms with Gasteiger partial charge < -0.3 is 9.32 Å². The van der Waals surface area contributed by atoms with Crippen LogP contribution in [0.1, 0.15) is 17.4 Å². The second-order valence-electron chi connectivity index (χ2n) is 7.70. The number of hydrogen-bond acceptors (Lipinski definition) is 5. The number of hydrogen-bond donors (Lipinski definition) is 1. The maximum absolute atomic E-state index is 13.2. The fraction of sp³-hybridized carbons (Fsp3) is 0.304. The van der Waals surface area contributed by atoms with Gasteiger partial charge in [-0.05, 0) is 61.0 Å². The van der Waals surface area contributed by atoms with Gasteiger partial charge in [0.15, 0.2) is 0 Å². The Morgan fingerprint density at radius 2 is 1.77 bits per heavy atom. The third-order valence-corrected chi connectivity index (χ3v) is 7.01. The predicted molar refractivity (Wildman–Crippen MR) is 118 cm³/mol. The van der Waals surface area contributed by atoms with Crippen LogP contribution in [0.3, 0.4) is 0 Å². The van der Waals surface area contributed by atoms with Crippen molar-refractivity contribution in [2.75, 3.05) is 37.6 Å². The third kappa shape index (κ3) is 5.15. The molecule has 2 aromatic carbocycles. The molecule has 0 amide bonds. The summed E-state index contributed by atoms with van der Waals surface area (Å²) in [7, 11) is -3.63. The molecule has 1 aliphatic rings. The average molecular weight is 444 g/mol. The molecule has 0 radical (unpaired) electrons. The first kappa shape index (κ1) is 21.5. The molecule has 1 unspecified atom stereocenters. The van der Waals surface area contributed by atoms with Gasteiger partial charge >= 0.3 is 0 Å². The molecule has 31 heavy (non-hydrogen) atoms. The number of benzene rings is 2. The Labute approximate surface area is 182 Å². The van der Waals surface area contributed by atoms with E-state index in [0.29, 0.717) is 0 Å². The molecule has 1 N–H and O–H groups in total. The largest absolute Gasteiger partial charge is 0.468 e. The molecule has 2 heterocycles. The lowest BCUT2D eigenvalue weighted by Crippen LogP contribution is -2.49. The van der Waals surface area contributed by atoms with Gasteiger partial charge in [-0.15, -0.1) is 0 Å². The van der Waals surface area contributed by atoms with E-state index >= 15 is 0 Å². The Morgan fingerprint density at radius 3 is 2.42 bits per heavy atom. The average Bonchev–Trinajstić information content (AvgIpc) is 3.29. The van der Waals surface area contributed by atoms with Crippen molar-refractivity contribution in [3.63, 3.8) is 0 Å². The minimum Gasteiger partial charge on any atom is -0.468 e. The summed E-state index contributed by atoms with van der Waals surface area (Å²) in [4.78, 5) is 4.68. The summed E-state index contributed by atoms with van der Waals surface area (Å²) in [6.07, 6.45) is 1.60. The Balaban J connectivity index is 1.45. The van der Waals surface area contributed by atoms with Crippen LogP contribution in [0.2, 0.25) is 0 Å². The highest BCUT2D eigenvalue weighted by Gasteiger charge is 2.28. The second-order valence-corrected chi connectivity index (χ2v) is 9.47. The molecule has 164 valence electrons. The van der Waals surface area contributed by atoms with E-state index in [9.17, 15) is 12.8 Å². The smallest absolute Gasteiger partial charge is 0.240 e. The molecular weight excluding hydrogens is 417 g/mol. The molecule has 0 saturated carbocycles. The molecule has 1 atom stereocenters. The highest BCUT2D eigenvalue weighted by atomic mass is 32.2. The van der Waals surface area contributed by atoms with Crippen LogP contribution in [0.5, 0.6) is 0 Å². The van der Waals surface area contributed by atoms with E-state index in [2.05, 4.69) is 14.5 Å². The molecule has 6 nitrogen and oxygen atoms in total. The second kappa shape index (κ2) is 9.21. The zero-order valence-corrected chi connectivity index (χ0v) is 18.2. The number of nitrogens with one attached hydrogen (secondary N) is 1. The first-order valence-corrected chi connectivity index (χ1v) is 11.7. The molecule has 1 aromatic heterocycles. The van der Waals surface area contributed by atoms with Gasteiger partial charge in [0.05, 0.1) is 17.2 Å². The maximum atomic E-state index is 13.2. The standard InChI is InChI=1S/C23H26FN3O3S/c1-18-4-2-5-21(16-18)31(28,29)25-17-22(23-6-3-15-30-23)27-13-11-26(12-14-27)20-9-7-19(24)8-10-20/h2-10,15-16,22,25H,11-14,17H2,1H3. The number of anilines is 1. The number of piperazine rings is 1. The van der Waals surface area contributed by atoms with Crippen LogP contribution < -0.4 is 9.62 Å². The summed E-state index contributed by atoms with van der Waals surface area (Å²) in [6.45, 7) is 5.05. The molecule has 4 rings (SSSR count). The zero-order valence-electron chi connectivity index (χ0n) is 17.4. The number of halogens is 1. The zero-order chi connectivity index (χ0) is 21.8. The van der Waals surface area contributed by atoms with Crippen LogP contribution >= 0.6 is 0 Å². The van der Waals surface area contributed by atoms with Gasteiger partial charge in [0.2, 0.25) is 10.0 Å². The molecular formula is C23H26FN3O3S. The fourth-order valence-corrected chi connectivity index (χ4v) is 5.03. The monoisotopic (exact) mass is 443 g/mol. The third-order valence-electron chi connectivity index (χ3n) is 5.58. The fourth-order valence-electron chi connectivity index (χ4n) is 3.89. The quantitative estimate of drug-likeness (QED) is 0.605. The van der Waals surface area contributed by atoms with Crippen molar-refractivity contribution in [2.45, 2.75) is 17.9 Å². The Morgan fingerprint density at radius 1 is 1.03 bits per heavy atom. The summed E-state index contributed by atoms with van der Waals surface area (Å²) in [5, 5.41) is 0. The van der Waals surface area contributed by atoms with Crippen molar-refractivity contribution < 1.29 is 17.2 Å². The van der Waals surface area contributed by atoms with Crippen molar-refractivity contribution in [1.29, 1.82) is 0 Å². The Hall–Kier alpha value is -2.68. The van der Waals surface area contributed by atoms with E-state index in [-0.39, 0.29) is 23.3 Å². The normalized spacial score (nSPS) is 16.4. The van der Waals surface area contributed by atoms with Crippen molar-refractivity contribution in [3.05, 3.63) is 84.1 Å². The van der Waals surface area contributed by atoms with Crippen LogP contribution in [-0.2, 0) is 10.0 Å². The number of rotatable bonds is 7.